The van der Waals surface area contributed by atoms with Crippen LogP contribution < -0.4 is 10.1 Å². The number of halogens is 1. The van der Waals surface area contributed by atoms with Gasteiger partial charge in [-0.05, 0) is 61.8 Å². The number of carbonyl (C=O) groups excluding carboxylic acids is 1. The predicted octanol–water partition coefficient (Wildman–Crippen LogP) is 3.69. The number of aromatic nitrogens is 3. The summed E-state index contributed by atoms with van der Waals surface area (Å²) in [5.74, 6) is -0.477. The Hall–Kier alpha value is -3.22. The quantitative estimate of drug-likeness (QED) is 0.668. The maximum Gasteiger partial charge on any atom is 0.253 e. The number of rotatable bonds is 2. The average molecular weight is 416 g/mol. The Morgan fingerprint density at radius 1 is 1.10 bits per heavy atom. The summed E-state index contributed by atoms with van der Waals surface area (Å²) in [7, 11) is 1.39. The Bertz CT molecular complexity index is 1300. The van der Waals surface area contributed by atoms with Gasteiger partial charge in [0.25, 0.3) is 5.91 Å². The molecule has 2 spiro atoms. The van der Waals surface area contributed by atoms with Gasteiger partial charge in [0.1, 0.15) is 0 Å². The van der Waals surface area contributed by atoms with Crippen LogP contribution in [0.25, 0.3) is 22.5 Å². The summed E-state index contributed by atoms with van der Waals surface area (Å²) < 4.78 is 19.1. The Kier molecular flexibility index (Phi) is 3.11. The number of methoxy groups -OCH3 is 1. The second-order valence-corrected chi connectivity index (χ2v) is 9.29. The minimum Gasteiger partial charge on any atom is -0.479 e. The van der Waals surface area contributed by atoms with Crippen LogP contribution in [0.5, 0.6) is 5.88 Å². The summed E-state index contributed by atoms with van der Waals surface area (Å²) in [6.07, 6.45) is 9.50. The van der Waals surface area contributed by atoms with E-state index in [0.717, 1.165) is 72.2 Å². The molecule has 0 saturated heterocycles. The molecule has 4 aliphatic rings. The summed E-state index contributed by atoms with van der Waals surface area (Å²) in [6.45, 7) is 0. The summed E-state index contributed by atoms with van der Waals surface area (Å²) in [4.78, 5) is 25.4. The van der Waals surface area contributed by atoms with E-state index in [1.165, 1.54) is 13.2 Å². The first-order valence-corrected chi connectivity index (χ1v) is 10.8. The van der Waals surface area contributed by atoms with Crippen LogP contribution in [-0.4, -0.2) is 33.5 Å². The Morgan fingerprint density at radius 2 is 1.94 bits per heavy atom. The van der Waals surface area contributed by atoms with Crippen LogP contribution in [0.2, 0.25) is 0 Å². The van der Waals surface area contributed by atoms with E-state index in [2.05, 4.69) is 20.3 Å². The first-order chi connectivity index (χ1) is 15.1. The molecule has 2 fully saturated rings. The van der Waals surface area contributed by atoms with Crippen LogP contribution >= 0.6 is 0 Å². The number of aromatic amines is 1. The van der Waals surface area contributed by atoms with Crippen LogP contribution in [0, 0.1) is 5.82 Å². The van der Waals surface area contributed by atoms with Crippen molar-refractivity contribution in [3.05, 3.63) is 52.7 Å². The molecule has 3 aliphatic carbocycles. The Balaban J connectivity index is 1.38. The number of hydrogen-bond donors (Lipinski definition) is 2. The number of aryl methyl sites for hydroxylation is 1. The molecule has 2 N–H and O–H groups in total. The van der Waals surface area contributed by atoms with Gasteiger partial charge in [-0.3, -0.25) is 9.78 Å². The molecule has 1 aliphatic heterocycles. The van der Waals surface area contributed by atoms with E-state index >= 15 is 0 Å². The van der Waals surface area contributed by atoms with Gasteiger partial charge in [0.05, 0.1) is 29.6 Å². The van der Waals surface area contributed by atoms with Crippen molar-refractivity contribution in [1.29, 1.82) is 0 Å². The van der Waals surface area contributed by atoms with Crippen molar-refractivity contribution < 1.29 is 13.9 Å². The number of nitrogens with one attached hydrogen (secondary N) is 2. The van der Waals surface area contributed by atoms with Crippen LogP contribution in [0.1, 0.15) is 52.9 Å². The number of hydrogen-bond acceptors (Lipinski definition) is 4. The highest BCUT2D eigenvalue weighted by molar-refractivity contribution is 6.02. The van der Waals surface area contributed by atoms with Crippen LogP contribution in [-0.2, 0) is 18.3 Å². The lowest BCUT2D eigenvalue weighted by Gasteiger charge is -2.33. The Morgan fingerprint density at radius 3 is 2.65 bits per heavy atom. The number of fused-ring (bicyclic) bond motifs is 7. The fourth-order valence-corrected chi connectivity index (χ4v) is 5.90. The molecular weight excluding hydrogens is 395 g/mol. The van der Waals surface area contributed by atoms with Gasteiger partial charge in [0, 0.05) is 34.6 Å². The fourth-order valence-electron chi connectivity index (χ4n) is 5.90. The molecule has 0 unspecified atom stereocenters. The SMILES string of the molecule is COc1ncc(-c2cc3c(cn2)CCc2c-3[nH]c3c2C(=O)NC2(CC2)C32CC2)cc1F. The van der Waals surface area contributed by atoms with Crippen molar-refractivity contribution in [3.63, 3.8) is 0 Å². The third-order valence-corrected chi connectivity index (χ3v) is 7.77. The van der Waals surface area contributed by atoms with Gasteiger partial charge in [-0.25, -0.2) is 9.37 Å². The van der Waals surface area contributed by atoms with E-state index < -0.39 is 5.82 Å². The van der Waals surface area contributed by atoms with Gasteiger partial charge in [0.15, 0.2) is 5.82 Å². The predicted molar refractivity (Wildman–Crippen MR) is 112 cm³/mol. The molecule has 6 nitrogen and oxygen atoms in total. The van der Waals surface area contributed by atoms with Crippen molar-refractivity contribution in [3.8, 4) is 28.4 Å². The lowest BCUT2D eigenvalue weighted by Crippen LogP contribution is -2.51. The Labute approximate surface area is 178 Å². The second-order valence-electron chi connectivity index (χ2n) is 9.29. The van der Waals surface area contributed by atoms with Crippen molar-refractivity contribution in [1.82, 2.24) is 20.3 Å². The normalized spacial score (nSPS) is 20.6. The van der Waals surface area contributed by atoms with Crippen molar-refractivity contribution in [2.75, 3.05) is 7.11 Å². The first-order valence-electron chi connectivity index (χ1n) is 10.8. The summed E-state index contributed by atoms with van der Waals surface area (Å²) in [5.41, 5.74) is 7.64. The summed E-state index contributed by atoms with van der Waals surface area (Å²) >= 11 is 0. The van der Waals surface area contributed by atoms with Gasteiger partial charge in [-0.2, -0.15) is 0 Å². The molecule has 0 radical (unpaired) electrons. The lowest BCUT2D eigenvalue weighted by molar-refractivity contribution is 0.0898. The van der Waals surface area contributed by atoms with E-state index in [9.17, 15) is 9.18 Å². The standard InChI is InChI=1S/C24H21FN4O2/c1-31-22-16(25)8-13(11-27-22)17-9-15-12(10-26-17)2-3-14-18-20(28-19(14)15)23(4-5-23)24(6-7-24)29-21(18)30/h8-11,28H,2-7H2,1H3,(H,29,30). The average Bonchev–Trinajstić information content (AvgIpc) is 3.69. The maximum absolute atomic E-state index is 14.2. The molecular formula is C24H21FN4O2. The zero-order valence-electron chi connectivity index (χ0n) is 17.1. The highest BCUT2D eigenvalue weighted by Crippen LogP contribution is 2.67. The van der Waals surface area contributed by atoms with Gasteiger partial charge >= 0.3 is 0 Å². The van der Waals surface area contributed by atoms with E-state index in [1.807, 2.05) is 12.3 Å². The first kappa shape index (κ1) is 17.5. The van der Waals surface area contributed by atoms with E-state index in [4.69, 9.17) is 4.74 Å². The van der Waals surface area contributed by atoms with Crippen molar-refractivity contribution in [2.24, 2.45) is 0 Å². The van der Waals surface area contributed by atoms with Crippen molar-refractivity contribution in [2.45, 2.75) is 49.5 Å². The maximum atomic E-state index is 14.2. The highest BCUT2D eigenvalue weighted by Gasteiger charge is 2.70. The van der Waals surface area contributed by atoms with Crippen molar-refractivity contribution >= 4 is 5.91 Å². The number of ether oxygens (including phenoxy) is 1. The largest absolute Gasteiger partial charge is 0.479 e. The van der Waals surface area contributed by atoms with E-state index in [1.54, 1.807) is 6.20 Å². The number of nitrogens with zero attached hydrogens (tertiary/aromatic N) is 2. The second kappa shape index (κ2) is 5.52. The zero-order valence-corrected chi connectivity index (χ0v) is 17.1. The number of H-pyrrole nitrogens is 1. The number of amides is 1. The van der Waals surface area contributed by atoms with E-state index in [-0.39, 0.29) is 22.7 Å². The molecule has 0 aromatic carbocycles. The molecule has 156 valence electrons. The fraction of sp³-hybridized carbons (Fsp3) is 0.375. The molecule has 7 rings (SSSR count). The number of pyridine rings is 2. The minimum absolute atomic E-state index is 0.0247. The topological polar surface area (TPSA) is 79.9 Å². The summed E-state index contributed by atoms with van der Waals surface area (Å²) in [5, 5.41) is 3.36. The van der Waals surface area contributed by atoms with E-state index in [0.29, 0.717) is 11.3 Å². The van der Waals surface area contributed by atoms with Crippen LogP contribution in [0.4, 0.5) is 4.39 Å². The molecule has 4 heterocycles. The van der Waals surface area contributed by atoms with Crippen LogP contribution in [0.3, 0.4) is 0 Å². The third kappa shape index (κ3) is 2.13. The minimum atomic E-state index is -0.516. The molecule has 3 aromatic rings. The van der Waals surface area contributed by atoms with Gasteiger partial charge in [-0.1, -0.05) is 0 Å². The molecule has 3 aromatic heterocycles. The summed E-state index contributed by atoms with van der Waals surface area (Å²) in [6, 6.07) is 3.39. The van der Waals surface area contributed by atoms with Crippen LogP contribution in [0.15, 0.2) is 24.5 Å². The monoisotopic (exact) mass is 416 g/mol. The highest BCUT2D eigenvalue weighted by atomic mass is 19.1. The molecule has 2 saturated carbocycles. The molecule has 7 heteroatoms. The smallest absolute Gasteiger partial charge is 0.253 e. The van der Waals surface area contributed by atoms with Gasteiger partial charge in [-0.15, -0.1) is 0 Å². The lowest BCUT2D eigenvalue weighted by atomic mass is 9.81. The molecule has 31 heavy (non-hydrogen) atoms. The third-order valence-electron chi connectivity index (χ3n) is 7.77. The zero-order chi connectivity index (χ0) is 21.0. The number of carbonyl (C=O) groups is 1. The molecule has 0 atom stereocenters. The van der Waals surface area contributed by atoms with Gasteiger partial charge < -0.3 is 15.0 Å². The van der Waals surface area contributed by atoms with Gasteiger partial charge in [0.2, 0.25) is 5.88 Å². The molecule has 1 amide bonds. The molecule has 0 bridgehead atoms.